The third kappa shape index (κ3) is 5.87. The Hall–Kier alpha value is -1.81. The van der Waals surface area contributed by atoms with Crippen molar-refractivity contribution in [3.63, 3.8) is 0 Å². The van der Waals surface area contributed by atoms with Crippen molar-refractivity contribution < 1.29 is 13.2 Å². The summed E-state index contributed by atoms with van der Waals surface area (Å²) in [5, 5.41) is 0. The van der Waals surface area contributed by atoms with Gasteiger partial charge in [0.2, 0.25) is 15.9 Å². The number of rotatable bonds is 7. The number of pyridine rings is 1. The van der Waals surface area contributed by atoms with Gasteiger partial charge in [-0.15, -0.1) is 0 Å². The number of aromatic nitrogens is 1. The molecule has 1 aromatic heterocycles. The van der Waals surface area contributed by atoms with E-state index in [-0.39, 0.29) is 16.7 Å². The van der Waals surface area contributed by atoms with Crippen molar-refractivity contribution in [2.75, 3.05) is 26.2 Å². The number of piperazine rings is 1. The number of hydrogen-bond acceptors (Lipinski definition) is 5. The molecule has 1 fully saturated rings. The normalized spacial score (nSPS) is 16.6. The van der Waals surface area contributed by atoms with Gasteiger partial charge in [0.15, 0.2) is 0 Å². The molecule has 2 heterocycles. The summed E-state index contributed by atoms with van der Waals surface area (Å²) in [6, 6.07) is 9.56. The Bertz CT molecular complexity index is 944. The first-order chi connectivity index (χ1) is 14.3. The predicted molar refractivity (Wildman–Crippen MR) is 119 cm³/mol. The molecule has 9 heteroatoms. The number of hydrogen-bond donors (Lipinski definition) is 1. The molecular formula is C21H27BrN4O3S. The van der Waals surface area contributed by atoms with Gasteiger partial charge < -0.3 is 4.90 Å². The molecule has 1 saturated heterocycles. The van der Waals surface area contributed by atoms with Crippen LogP contribution in [0.2, 0.25) is 0 Å². The highest BCUT2D eigenvalue weighted by Crippen LogP contribution is 2.18. The minimum Gasteiger partial charge on any atom is -0.339 e. The van der Waals surface area contributed by atoms with E-state index in [0.29, 0.717) is 13.1 Å². The summed E-state index contributed by atoms with van der Waals surface area (Å²) in [7, 11) is -3.79. The van der Waals surface area contributed by atoms with Gasteiger partial charge in [0.1, 0.15) is 6.04 Å². The SMILES string of the molecule is CC(C)[C@H](NS(=O)(=O)c1ccc(Br)cc1)C(=O)N1CCN(Cc2ccncc2)CC1. The van der Waals surface area contributed by atoms with Crippen LogP contribution in [-0.4, -0.2) is 61.3 Å². The molecule has 1 aliphatic rings. The topological polar surface area (TPSA) is 82.6 Å². The lowest BCUT2D eigenvalue weighted by Crippen LogP contribution is -2.56. The van der Waals surface area contributed by atoms with Crippen molar-refractivity contribution in [2.24, 2.45) is 5.92 Å². The van der Waals surface area contributed by atoms with E-state index in [0.717, 1.165) is 24.1 Å². The average Bonchev–Trinajstić information content (AvgIpc) is 2.73. The van der Waals surface area contributed by atoms with Crippen LogP contribution in [0.3, 0.4) is 0 Å². The number of sulfonamides is 1. The fourth-order valence-electron chi connectivity index (χ4n) is 3.39. The molecule has 7 nitrogen and oxygen atoms in total. The van der Waals surface area contributed by atoms with Gasteiger partial charge in [-0.3, -0.25) is 14.7 Å². The van der Waals surface area contributed by atoms with Crippen molar-refractivity contribution in [1.82, 2.24) is 19.5 Å². The van der Waals surface area contributed by atoms with Crippen LogP contribution in [0.1, 0.15) is 19.4 Å². The average molecular weight is 495 g/mol. The lowest BCUT2D eigenvalue weighted by atomic mass is 10.0. The highest BCUT2D eigenvalue weighted by Gasteiger charge is 2.33. The Morgan fingerprint density at radius 1 is 1.07 bits per heavy atom. The van der Waals surface area contributed by atoms with E-state index in [1.165, 1.54) is 17.7 Å². The minimum absolute atomic E-state index is 0.145. The van der Waals surface area contributed by atoms with Crippen LogP contribution < -0.4 is 4.72 Å². The van der Waals surface area contributed by atoms with Gasteiger partial charge in [-0.1, -0.05) is 29.8 Å². The second kappa shape index (κ2) is 10.00. The number of carbonyl (C=O) groups excluding carboxylic acids is 1. The maximum absolute atomic E-state index is 13.1. The van der Waals surface area contributed by atoms with Crippen molar-refractivity contribution in [1.29, 1.82) is 0 Å². The molecule has 0 spiro atoms. The van der Waals surface area contributed by atoms with Crippen molar-refractivity contribution >= 4 is 31.9 Å². The lowest BCUT2D eigenvalue weighted by molar-refractivity contribution is -0.135. The highest BCUT2D eigenvalue weighted by molar-refractivity contribution is 9.10. The van der Waals surface area contributed by atoms with Gasteiger partial charge in [0.05, 0.1) is 4.90 Å². The fraction of sp³-hybridized carbons (Fsp3) is 0.429. The van der Waals surface area contributed by atoms with E-state index in [1.54, 1.807) is 29.4 Å². The maximum Gasteiger partial charge on any atom is 0.241 e. The molecule has 1 amide bonds. The van der Waals surface area contributed by atoms with Gasteiger partial charge in [-0.2, -0.15) is 4.72 Å². The first-order valence-electron chi connectivity index (χ1n) is 9.94. The van der Waals surface area contributed by atoms with Crippen molar-refractivity contribution in [2.45, 2.75) is 31.3 Å². The Balaban J connectivity index is 1.62. The van der Waals surface area contributed by atoms with Crippen LogP contribution in [0.4, 0.5) is 0 Å². The van der Waals surface area contributed by atoms with E-state index >= 15 is 0 Å². The first kappa shape index (κ1) is 22.9. The van der Waals surface area contributed by atoms with Gasteiger partial charge in [-0.25, -0.2) is 8.42 Å². The minimum atomic E-state index is -3.79. The molecule has 0 bridgehead atoms. The second-order valence-corrected chi connectivity index (χ2v) is 10.4. The van der Waals surface area contributed by atoms with Crippen molar-refractivity contribution in [3.05, 3.63) is 58.8 Å². The van der Waals surface area contributed by atoms with Crippen LogP contribution in [0.5, 0.6) is 0 Å². The molecule has 162 valence electrons. The molecule has 1 N–H and O–H groups in total. The largest absolute Gasteiger partial charge is 0.339 e. The maximum atomic E-state index is 13.1. The summed E-state index contributed by atoms with van der Waals surface area (Å²) in [6.45, 7) is 7.17. The molecule has 1 aromatic carbocycles. The smallest absolute Gasteiger partial charge is 0.241 e. The number of benzene rings is 1. The Labute approximate surface area is 186 Å². The Morgan fingerprint density at radius 2 is 1.67 bits per heavy atom. The molecule has 30 heavy (non-hydrogen) atoms. The second-order valence-electron chi connectivity index (χ2n) is 7.75. The molecular weight excluding hydrogens is 468 g/mol. The number of carbonyl (C=O) groups is 1. The molecule has 0 radical (unpaired) electrons. The third-order valence-electron chi connectivity index (χ3n) is 5.18. The van der Waals surface area contributed by atoms with Crippen LogP contribution in [0, 0.1) is 5.92 Å². The Morgan fingerprint density at radius 3 is 2.23 bits per heavy atom. The zero-order chi connectivity index (χ0) is 21.7. The Kier molecular flexibility index (Phi) is 7.62. The molecule has 3 rings (SSSR count). The molecule has 1 aliphatic heterocycles. The zero-order valence-electron chi connectivity index (χ0n) is 17.2. The van der Waals surface area contributed by atoms with Gasteiger partial charge >= 0.3 is 0 Å². The van der Waals surface area contributed by atoms with Crippen LogP contribution in [0.25, 0.3) is 0 Å². The van der Waals surface area contributed by atoms with E-state index in [4.69, 9.17) is 0 Å². The number of halogens is 1. The summed E-state index contributed by atoms with van der Waals surface area (Å²) in [5.41, 5.74) is 1.19. The fourth-order valence-corrected chi connectivity index (χ4v) is 4.99. The number of amides is 1. The first-order valence-corrected chi connectivity index (χ1v) is 12.2. The molecule has 1 atom stereocenters. The summed E-state index contributed by atoms with van der Waals surface area (Å²) in [4.78, 5) is 21.4. The van der Waals surface area contributed by atoms with E-state index in [9.17, 15) is 13.2 Å². The highest BCUT2D eigenvalue weighted by atomic mass is 79.9. The number of nitrogens with zero attached hydrogens (tertiary/aromatic N) is 3. The zero-order valence-corrected chi connectivity index (χ0v) is 19.6. The summed E-state index contributed by atoms with van der Waals surface area (Å²) >= 11 is 3.30. The molecule has 0 unspecified atom stereocenters. The van der Waals surface area contributed by atoms with Crippen LogP contribution in [0.15, 0.2) is 58.2 Å². The summed E-state index contributed by atoms with van der Waals surface area (Å²) in [6.07, 6.45) is 3.56. The van der Waals surface area contributed by atoms with Crippen LogP contribution in [-0.2, 0) is 21.4 Å². The predicted octanol–water partition coefficient (Wildman–Crippen LogP) is 2.49. The van der Waals surface area contributed by atoms with Gasteiger partial charge in [0, 0.05) is 49.6 Å². The number of nitrogens with one attached hydrogen (secondary N) is 1. The molecule has 2 aromatic rings. The van der Waals surface area contributed by atoms with E-state index in [1.807, 2.05) is 26.0 Å². The van der Waals surface area contributed by atoms with E-state index in [2.05, 4.69) is 30.5 Å². The van der Waals surface area contributed by atoms with Crippen molar-refractivity contribution in [3.8, 4) is 0 Å². The van der Waals surface area contributed by atoms with Gasteiger partial charge in [0.25, 0.3) is 0 Å². The van der Waals surface area contributed by atoms with Gasteiger partial charge in [-0.05, 0) is 47.9 Å². The molecule has 0 saturated carbocycles. The quantitative estimate of drug-likeness (QED) is 0.639. The third-order valence-corrected chi connectivity index (χ3v) is 7.16. The monoisotopic (exact) mass is 494 g/mol. The lowest BCUT2D eigenvalue weighted by Gasteiger charge is -2.37. The van der Waals surface area contributed by atoms with E-state index < -0.39 is 16.1 Å². The summed E-state index contributed by atoms with van der Waals surface area (Å²) in [5.74, 6) is -0.341. The standard InChI is InChI=1S/C21H27BrN4O3S/c1-16(2)20(24-30(28,29)19-5-3-18(22)4-6-19)21(27)26-13-11-25(12-14-26)15-17-7-9-23-10-8-17/h3-10,16,20,24H,11-15H2,1-2H3/t20-/m0/s1. The van der Waals surface area contributed by atoms with Crippen LogP contribution >= 0.6 is 15.9 Å². The summed E-state index contributed by atoms with van der Waals surface area (Å²) < 4.78 is 29.0. The molecule has 0 aliphatic carbocycles.